The summed E-state index contributed by atoms with van der Waals surface area (Å²) in [5.41, 5.74) is 5.65. The molecule has 3 N–H and O–H groups in total. The molecule has 4 rings (SSSR count). The minimum atomic E-state index is -0.574. The first kappa shape index (κ1) is 20.6. The summed E-state index contributed by atoms with van der Waals surface area (Å²) in [4.78, 5) is 42.6. The largest absolute Gasteiger partial charge is 0.474 e. The van der Waals surface area contributed by atoms with Crippen molar-refractivity contribution < 1.29 is 19.1 Å². The number of nitrogens with two attached hydrogens (primary N) is 1. The summed E-state index contributed by atoms with van der Waals surface area (Å²) >= 11 is 0. The molecule has 2 aliphatic carbocycles. The summed E-state index contributed by atoms with van der Waals surface area (Å²) in [7, 11) is 0. The normalized spacial score (nSPS) is 27.7. The number of ether oxygens (including phenoxy) is 1. The molecule has 3 aliphatic rings. The van der Waals surface area contributed by atoms with Gasteiger partial charge in [0.2, 0.25) is 5.88 Å². The molecule has 1 saturated heterocycles. The van der Waals surface area contributed by atoms with Crippen LogP contribution in [0.5, 0.6) is 5.88 Å². The fraction of sp³-hybridized carbons (Fsp3) is 0.636. The van der Waals surface area contributed by atoms with Gasteiger partial charge in [0.25, 0.3) is 11.8 Å². The first-order valence-electron chi connectivity index (χ1n) is 11.1. The molecule has 1 unspecified atom stereocenters. The van der Waals surface area contributed by atoms with Gasteiger partial charge in [-0.05, 0) is 50.2 Å². The van der Waals surface area contributed by atoms with Crippen LogP contribution in [-0.2, 0) is 4.79 Å². The molecule has 1 aromatic heterocycles. The topological polar surface area (TPSA) is 115 Å². The number of primary amides is 1. The quantitative estimate of drug-likeness (QED) is 0.695. The van der Waals surface area contributed by atoms with Crippen LogP contribution in [0.2, 0.25) is 0 Å². The smallest absolute Gasteiger partial charge is 0.325 e. The van der Waals surface area contributed by atoms with Gasteiger partial charge in [-0.15, -0.1) is 0 Å². The second kappa shape index (κ2) is 9.02. The van der Waals surface area contributed by atoms with Crippen LogP contribution in [0.4, 0.5) is 4.79 Å². The number of amides is 4. The molecule has 2 heterocycles. The van der Waals surface area contributed by atoms with Crippen LogP contribution < -0.4 is 15.8 Å². The number of imide groups is 1. The molecule has 8 heteroatoms. The van der Waals surface area contributed by atoms with Gasteiger partial charge in [0, 0.05) is 12.2 Å². The molecule has 0 aromatic carbocycles. The number of carbonyl (C=O) groups is 3. The summed E-state index contributed by atoms with van der Waals surface area (Å²) in [5, 5.41) is 2.91. The molecule has 162 valence electrons. The molecule has 4 amide bonds. The average Bonchev–Trinajstić information content (AvgIpc) is 3.02. The van der Waals surface area contributed by atoms with Crippen molar-refractivity contribution in [3.63, 3.8) is 0 Å². The van der Waals surface area contributed by atoms with E-state index in [0.717, 1.165) is 19.3 Å². The van der Waals surface area contributed by atoms with Gasteiger partial charge < -0.3 is 15.8 Å². The Bertz CT molecular complexity index is 800. The Balaban J connectivity index is 1.32. The SMILES string of the molecule is NC(=O)c1cccnc1OC1CCC(N2C(=O)NC(CC3CCCCC3)C2=O)CC1. The molecule has 1 aromatic rings. The molecule has 3 fully saturated rings. The Kier molecular flexibility index (Phi) is 6.20. The molecule has 0 radical (unpaired) electrons. The highest BCUT2D eigenvalue weighted by molar-refractivity contribution is 6.04. The molecule has 2 saturated carbocycles. The molecule has 1 aliphatic heterocycles. The highest BCUT2D eigenvalue weighted by atomic mass is 16.5. The Labute approximate surface area is 176 Å². The van der Waals surface area contributed by atoms with Gasteiger partial charge in [0.15, 0.2) is 0 Å². The van der Waals surface area contributed by atoms with Crippen molar-refractivity contribution in [1.29, 1.82) is 0 Å². The Morgan fingerprint density at radius 3 is 2.57 bits per heavy atom. The van der Waals surface area contributed by atoms with Crippen molar-refractivity contribution in [2.45, 2.75) is 82.4 Å². The number of hydrogen-bond donors (Lipinski definition) is 2. The van der Waals surface area contributed by atoms with Crippen molar-refractivity contribution in [3.8, 4) is 5.88 Å². The number of hydrogen-bond acceptors (Lipinski definition) is 5. The summed E-state index contributed by atoms with van der Waals surface area (Å²) in [6.07, 6.45) is 11.0. The van der Waals surface area contributed by atoms with E-state index in [4.69, 9.17) is 10.5 Å². The highest BCUT2D eigenvalue weighted by Gasteiger charge is 2.43. The third-order valence-corrected chi connectivity index (χ3v) is 6.67. The molecule has 0 bridgehead atoms. The van der Waals surface area contributed by atoms with E-state index in [0.29, 0.717) is 31.6 Å². The van der Waals surface area contributed by atoms with Crippen molar-refractivity contribution >= 4 is 17.8 Å². The van der Waals surface area contributed by atoms with Crippen LogP contribution >= 0.6 is 0 Å². The van der Waals surface area contributed by atoms with Gasteiger partial charge in [-0.25, -0.2) is 9.78 Å². The predicted octanol–water partition coefficient (Wildman–Crippen LogP) is 2.76. The average molecular weight is 415 g/mol. The number of aromatic nitrogens is 1. The van der Waals surface area contributed by atoms with E-state index in [-0.39, 0.29) is 41.6 Å². The van der Waals surface area contributed by atoms with Gasteiger partial charge in [0.05, 0.1) is 0 Å². The summed E-state index contributed by atoms with van der Waals surface area (Å²) in [5.74, 6) is 0.136. The van der Waals surface area contributed by atoms with Crippen molar-refractivity contribution in [2.24, 2.45) is 11.7 Å². The Hall–Kier alpha value is -2.64. The number of nitrogens with zero attached hydrogens (tertiary/aromatic N) is 2. The van der Waals surface area contributed by atoms with Crippen LogP contribution in [0.3, 0.4) is 0 Å². The van der Waals surface area contributed by atoms with Crippen LogP contribution in [0.15, 0.2) is 18.3 Å². The highest BCUT2D eigenvalue weighted by Crippen LogP contribution is 2.32. The molecule has 1 atom stereocenters. The fourth-order valence-electron chi connectivity index (χ4n) is 5.06. The zero-order chi connectivity index (χ0) is 21.1. The van der Waals surface area contributed by atoms with Crippen molar-refractivity contribution in [1.82, 2.24) is 15.2 Å². The molecular formula is C22H30N4O4. The second-order valence-electron chi connectivity index (χ2n) is 8.72. The minimum Gasteiger partial charge on any atom is -0.474 e. The lowest BCUT2D eigenvalue weighted by Gasteiger charge is -2.33. The Morgan fingerprint density at radius 2 is 1.87 bits per heavy atom. The van der Waals surface area contributed by atoms with E-state index in [1.807, 2.05) is 0 Å². The number of pyridine rings is 1. The van der Waals surface area contributed by atoms with Crippen LogP contribution in [0, 0.1) is 5.92 Å². The number of carbonyl (C=O) groups excluding carboxylic acids is 3. The van der Waals surface area contributed by atoms with E-state index >= 15 is 0 Å². The third kappa shape index (κ3) is 4.42. The van der Waals surface area contributed by atoms with Crippen molar-refractivity contribution in [3.05, 3.63) is 23.9 Å². The molecule has 30 heavy (non-hydrogen) atoms. The second-order valence-corrected chi connectivity index (χ2v) is 8.72. The third-order valence-electron chi connectivity index (χ3n) is 6.67. The fourth-order valence-corrected chi connectivity index (χ4v) is 5.06. The minimum absolute atomic E-state index is 0.0734. The van der Waals surface area contributed by atoms with Gasteiger partial charge in [-0.1, -0.05) is 32.1 Å². The summed E-state index contributed by atoms with van der Waals surface area (Å²) in [6.45, 7) is 0. The van der Waals surface area contributed by atoms with Gasteiger partial charge in [-0.2, -0.15) is 0 Å². The molecule has 0 spiro atoms. The number of urea groups is 1. The lowest BCUT2D eigenvalue weighted by Crippen LogP contribution is -2.44. The van der Waals surface area contributed by atoms with E-state index < -0.39 is 5.91 Å². The standard InChI is InChI=1S/C22H30N4O4/c23-19(27)17-7-4-12-24-20(17)30-16-10-8-15(9-11-16)26-21(28)18(25-22(26)29)13-14-5-2-1-3-6-14/h4,7,12,14-16,18H,1-3,5-6,8-11,13H2,(H2,23,27)(H,25,29). The maximum absolute atomic E-state index is 12.9. The van der Waals surface area contributed by atoms with E-state index in [1.54, 1.807) is 18.3 Å². The van der Waals surface area contributed by atoms with E-state index in [9.17, 15) is 14.4 Å². The van der Waals surface area contributed by atoms with Gasteiger partial charge in [0.1, 0.15) is 17.7 Å². The molecular weight excluding hydrogens is 384 g/mol. The van der Waals surface area contributed by atoms with Crippen LogP contribution in [0.1, 0.15) is 74.6 Å². The zero-order valence-corrected chi connectivity index (χ0v) is 17.2. The van der Waals surface area contributed by atoms with Crippen LogP contribution in [-0.4, -0.2) is 45.9 Å². The zero-order valence-electron chi connectivity index (χ0n) is 17.2. The Morgan fingerprint density at radius 1 is 1.13 bits per heavy atom. The maximum Gasteiger partial charge on any atom is 0.325 e. The van der Waals surface area contributed by atoms with Crippen LogP contribution in [0.25, 0.3) is 0 Å². The number of rotatable bonds is 6. The lowest BCUT2D eigenvalue weighted by molar-refractivity contribution is -0.130. The monoisotopic (exact) mass is 414 g/mol. The van der Waals surface area contributed by atoms with E-state index in [1.165, 1.54) is 24.2 Å². The van der Waals surface area contributed by atoms with E-state index in [2.05, 4.69) is 10.3 Å². The predicted molar refractivity (Wildman–Crippen MR) is 110 cm³/mol. The van der Waals surface area contributed by atoms with Gasteiger partial charge >= 0.3 is 6.03 Å². The van der Waals surface area contributed by atoms with Gasteiger partial charge in [-0.3, -0.25) is 14.5 Å². The molecule has 8 nitrogen and oxygen atoms in total. The number of nitrogens with one attached hydrogen (secondary N) is 1. The summed E-state index contributed by atoms with van der Waals surface area (Å²) in [6, 6.07) is 2.50. The lowest BCUT2D eigenvalue weighted by atomic mass is 9.84. The maximum atomic E-state index is 12.9. The first-order valence-corrected chi connectivity index (χ1v) is 11.1. The van der Waals surface area contributed by atoms with Crippen molar-refractivity contribution in [2.75, 3.05) is 0 Å². The first-order chi connectivity index (χ1) is 14.5. The summed E-state index contributed by atoms with van der Waals surface area (Å²) < 4.78 is 5.92.